The Morgan fingerprint density at radius 3 is 2.33 bits per heavy atom. The summed E-state index contributed by atoms with van der Waals surface area (Å²) in [5.41, 5.74) is 4.67. The van der Waals surface area contributed by atoms with Gasteiger partial charge in [-0.15, -0.1) is 0 Å². The molecule has 21 heavy (non-hydrogen) atoms. The molecule has 0 aliphatic carbocycles. The number of hydrogen-bond acceptors (Lipinski definition) is 7. The van der Waals surface area contributed by atoms with E-state index in [0.717, 1.165) is 12.1 Å². The van der Waals surface area contributed by atoms with Gasteiger partial charge >= 0.3 is 11.4 Å². The van der Waals surface area contributed by atoms with E-state index in [0.29, 0.717) is 0 Å². The van der Waals surface area contributed by atoms with Gasteiger partial charge in [-0.25, -0.2) is 0 Å². The van der Waals surface area contributed by atoms with Gasteiger partial charge in [0.15, 0.2) is 0 Å². The Morgan fingerprint density at radius 1 is 1.10 bits per heavy atom. The summed E-state index contributed by atoms with van der Waals surface area (Å²) in [6.07, 6.45) is 0. The first-order chi connectivity index (χ1) is 9.88. The number of pyridine rings is 1. The summed E-state index contributed by atoms with van der Waals surface area (Å²) in [7, 11) is 0. The van der Waals surface area contributed by atoms with Gasteiger partial charge < -0.3 is 10.5 Å². The van der Waals surface area contributed by atoms with Crippen LogP contribution in [0.15, 0.2) is 30.3 Å². The maximum atomic E-state index is 10.9. The number of ether oxygens (including phenoxy) is 1. The summed E-state index contributed by atoms with van der Waals surface area (Å²) in [6.45, 7) is 0. The van der Waals surface area contributed by atoms with E-state index in [1.165, 1.54) is 18.2 Å². The van der Waals surface area contributed by atoms with Crippen LogP contribution in [-0.4, -0.2) is 14.8 Å². The molecule has 2 N–H and O–H groups in total. The number of halogens is 1. The third-order valence-corrected chi connectivity index (χ3v) is 2.64. The third-order valence-electron chi connectivity index (χ3n) is 2.41. The molecular formula is C11H7ClN4O5. The molecule has 9 nitrogen and oxygen atoms in total. The summed E-state index contributed by atoms with van der Waals surface area (Å²) in [4.78, 5) is 23.8. The van der Waals surface area contributed by atoms with Gasteiger partial charge in [-0.05, 0) is 12.1 Å². The molecular weight excluding hydrogens is 304 g/mol. The second-order valence-electron chi connectivity index (χ2n) is 3.78. The Labute approximate surface area is 122 Å². The van der Waals surface area contributed by atoms with E-state index >= 15 is 0 Å². The molecule has 1 heterocycles. The van der Waals surface area contributed by atoms with Gasteiger partial charge in [0, 0.05) is 23.2 Å². The van der Waals surface area contributed by atoms with Gasteiger partial charge in [0.1, 0.15) is 0 Å². The van der Waals surface area contributed by atoms with E-state index in [2.05, 4.69) is 4.98 Å². The Bertz CT molecular complexity index is 737. The summed E-state index contributed by atoms with van der Waals surface area (Å²) < 4.78 is 5.23. The molecule has 0 saturated carbocycles. The SMILES string of the molecule is Nc1nc(Oc2ccc(Cl)cc2[N+](=O)[O-])ccc1[N+](=O)[O-]. The number of aromatic nitrogens is 1. The quantitative estimate of drug-likeness (QED) is 0.677. The highest BCUT2D eigenvalue weighted by atomic mass is 35.5. The average molecular weight is 311 g/mol. The fraction of sp³-hybridized carbons (Fsp3) is 0. The van der Waals surface area contributed by atoms with Gasteiger partial charge in [0.05, 0.1) is 9.85 Å². The van der Waals surface area contributed by atoms with Gasteiger partial charge in [-0.1, -0.05) is 11.6 Å². The van der Waals surface area contributed by atoms with Crippen molar-refractivity contribution in [3.63, 3.8) is 0 Å². The Morgan fingerprint density at radius 2 is 1.76 bits per heavy atom. The highest BCUT2D eigenvalue weighted by Gasteiger charge is 2.19. The molecule has 0 fully saturated rings. The van der Waals surface area contributed by atoms with Crippen molar-refractivity contribution >= 4 is 28.8 Å². The second-order valence-corrected chi connectivity index (χ2v) is 4.22. The van der Waals surface area contributed by atoms with E-state index in [4.69, 9.17) is 22.1 Å². The van der Waals surface area contributed by atoms with Gasteiger partial charge in [0.25, 0.3) is 0 Å². The zero-order valence-corrected chi connectivity index (χ0v) is 11.0. The van der Waals surface area contributed by atoms with Gasteiger partial charge in [0.2, 0.25) is 17.4 Å². The first-order valence-electron chi connectivity index (χ1n) is 5.41. The van der Waals surface area contributed by atoms with Crippen LogP contribution in [0.4, 0.5) is 17.2 Å². The standard InChI is InChI=1S/C11H7ClN4O5/c12-6-1-3-9(8(5-6)16(19)20)21-10-4-2-7(15(17)18)11(13)14-10/h1-5H,(H2,13,14). The van der Waals surface area contributed by atoms with Crippen LogP contribution in [0, 0.1) is 20.2 Å². The molecule has 1 aromatic heterocycles. The summed E-state index contributed by atoms with van der Waals surface area (Å²) >= 11 is 5.67. The van der Waals surface area contributed by atoms with Gasteiger partial charge in [-0.2, -0.15) is 4.98 Å². The molecule has 0 saturated heterocycles. The molecule has 0 radical (unpaired) electrons. The van der Waals surface area contributed by atoms with Crippen molar-refractivity contribution < 1.29 is 14.6 Å². The topological polar surface area (TPSA) is 134 Å². The molecule has 2 rings (SSSR count). The zero-order valence-electron chi connectivity index (χ0n) is 10.2. The number of hydrogen-bond donors (Lipinski definition) is 1. The van der Waals surface area contributed by atoms with Crippen LogP contribution in [-0.2, 0) is 0 Å². The molecule has 108 valence electrons. The lowest BCUT2D eigenvalue weighted by Crippen LogP contribution is -2.00. The van der Waals surface area contributed by atoms with Crippen molar-refractivity contribution in [3.8, 4) is 11.6 Å². The Hall–Kier alpha value is -2.94. The van der Waals surface area contributed by atoms with Crippen LogP contribution >= 0.6 is 11.6 Å². The highest BCUT2D eigenvalue weighted by Crippen LogP contribution is 2.34. The second kappa shape index (κ2) is 5.59. The van der Waals surface area contributed by atoms with Gasteiger partial charge in [-0.3, -0.25) is 20.2 Å². The van der Waals surface area contributed by atoms with E-state index in [-0.39, 0.29) is 33.8 Å². The zero-order chi connectivity index (χ0) is 15.6. The maximum absolute atomic E-state index is 10.9. The normalized spacial score (nSPS) is 10.1. The lowest BCUT2D eigenvalue weighted by molar-refractivity contribution is -0.385. The largest absolute Gasteiger partial charge is 0.432 e. The van der Waals surface area contributed by atoms with Crippen molar-refractivity contribution in [2.75, 3.05) is 5.73 Å². The van der Waals surface area contributed by atoms with Crippen molar-refractivity contribution in [1.82, 2.24) is 4.98 Å². The molecule has 0 amide bonds. The fourth-order valence-electron chi connectivity index (χ4n) is 1.49. The molecule has 0 unspecified atom stereocenters. The van der Waals surface area contributed by atoms with Crippen LogP contribution in [0.1, 0.15) is 0 Å². The Kier molecular flexibility index (Phi) is 3.85. The van der Waals surface area contributed by atoms with Crippen LogP contribution in [0.5, 0.6) is 11.6 Å². The number of nitrogens with zero attached hydrogens (tertiary/aromatic N) is 3. The number of nitrogen functional groups attached to an aromatic ring is 1. The summed E-state index contributed by atoms with van der Waals surface area (Å²) in [5, 5.41) is 21.7. The molecule has 10 heteroatoms. The predicted octanol–water partition coefficient (Wildman–Crippen LogP) is 2.93. The number of anilines is 1. The van der Waals surface area contributed by atoms with Crippen LogP contribution in [0.2, 0.25) is 5.02 Å². The smallest absolute Gasteiger partial charge is 0.313 e. The van der Waals surface area contributed by atoms with Crippen LogP contribution < -0.4 is 10.5 Å². The molecule has 0 atom stereocenters. The van der Waals surface area contributed by atoms with Crippen molar-refractivity contribution in [2.24, 2.45) is 0 Å². The minimum atomic E-state index is -0.698. The molecule has 0 spiro atoms. The first-order valence-corrected chi connectivity index (χ1v) is 5.79. The van der Waals surface area contributed by atoms with E-state index in [9.17, 15) is 20.2 Å². The average Bonchev–Trinajstić information content (AvgIpc) is 2.40. The minimum Gasteiger partial charge on any atom is -0.432 e. The molecule has 1 aromatic carbocycles. The highest BCUT2D eigenvalue weighted by molar-refractivity contribution is 6.30. The predicted molar refractivity (Wildman–Crippen MR) is 73.5 cm³/mol. The third kappa shape index (κ3) is 3.15. The van der Waals surface area contributed by atoms with Crippen molar-refractivity contribution in [1.29, 1.82) is 0 Å². The molecule has 2 aromatic rings. The lowest BCUT2D eigenvalue weighted by Gasteiger charge is -2.06. The van der Waals surface area contributed by atoms with E-state index < -0.39 is 9.85 Å². The summed E-state index contributed by atoms with van der Waals surface area (Å²) in [5.74, 6) is -0.567. The monoisotopic (exact) mass is 310 g/mol. The Balaban J connectivity index is 2.37. The number of nitrogens with two attached hydrogens (primary N) is 1. The number of benzene rings is 1. The fourth-order valence-corrected chi connectivity index (χ4v) is 1.66. The molecule has 0 aliphatic rings. The number of nitro benzene ring substituents is 1. The van der Waals surface area contributed by atoms with Crippen LogP contribution in [0.3, 0.4) is 0 Å². The molecule has 0 aliphatic heterocycles. The van der Waals surface area contributed by atoms with Crippen molar-refractivity contribution in [2.45, 2.75) is 0 Å². The number of nitro groups is 2. The number of rotatable bonds is 4. The first kappa shape index (κ1) is 14.5. The van der Waals surface area contributed by atoms with E-state index in [1.807, 2.05) is 0 Å². The van der Waals surface area contributed by atoms with E-state index in [1.54, 1.807) is 0 Å². The van der Waals surface area contributed by atoms with Crippen molar-refractivity contribution in [3.05, 3.63) is 55.6 Å². The maximum Gasteiger partial charge on any atom is 0.313 e. The minimum absolute atomic E-state index is 0.106. The lowest BCUT2D eigenvalue weighted by atomic mass is 10.3. The molecule has 0 bridgehead atoms. The van der Waals surface area contributed by atoms with Crippen LogP contribution in [0.25, 0.3) is 0 Å². The summed E-state index contributed by atoms with van der Waals surface area (Å²) in [6, 6.07) is 6.09.